The molecule has 1 amide bonds. The standard InChI is InChI=1S/C24H30FN3O4S/c25-21-8-4-19(5-9-21)23(27-14-16-32-17-15-27)18-26-24(29)20-6-10-22(11-7-20)33(30,31)28-12-2-1-3-13-28/h4-11,23H,1-3,12-18H2,(H,26,29)/t23-/m1/s1. The average Bonchev–Trinajstić information content (AvgIpc) is 2.86. The first kappa shape index (κ1) is 23.8. The van der Waals surface area contributed by atoms with Crippen LogP contribution < -0.4 is 5.32 Å². The van der Waals surface area contributed by atoms with Crippen molar-refractivity contribution in [3.63, 3.8) is 0 Å². The van der Waals surface area contributed by atoms with Crippen LogP contribution in [0.25, 0.3) is 0 Å². The first-order valence-electron chi connectivity index (χ1n) is 11.4. The minimum Gasteiger partial charge on any atom is -0.379 e. The van der Waals surface area contributed by atoms with E-state index < -0.39 is 10.0 Å². The Morgan fingerprint density at radius 2 is 1.58 bits per heavy atom. The van der Waals surface area contributed by atoms with Gasteiger partial charge in [-0.1, -0.05) is 18.6 Å². The topological polar surface area (TPSA) is 79.0 Å². The third-order valence-electron chi connectivity index (χ3n) is 6.27. The average molecular weight is 476 g/mol. The van der Waals surface area contributed by atoms with Crippen LogP contribution in [0.4, 0.5) is 4.39 Å². The molecule has 2 saturated heterocycles. The van der Waals surface area contributed by atoms with Crippen molar-refractivity contribution in [3.8, 4) is 0 Å². The van der Waals surface area contributed by atoms with Crippen LogP contribution in [0.15, 0.2) is 53.4 Å². The van der Waals surface area contributed by atoms with Gasteiger partial charge in [0, 0.05) is 38.3 Å². The molecule has 33 heavy (non-hydrogen) atoms. The fourth-order valence-electron chi connectivity index (χ4n) is 4.36. The summed E-state index contributed by atoms with van der Waals surface area (Å²) in [6, 6.07) is 12.3. The number of nitrogens with zero attached hydrogens (tertiary/aromatic N) is 2. The zero-order valence-corrected chi connectivity index (χ0v) is 19.4. The molecule has 0 aliphatic carbocycles. The van der Waals surface area contributed by atoms with Crippen LogP contribution in [-0.2, 0) is 14.8 Å². The van der Waals surface area contributed by atoms with Gasteiger partial charge in [-0.25, -0.2) is 12.8 Å². The van der Waals surface area contributed by atoms with Gasteiger partial charge in [0.2, 0.25) is 10.0 Å². The van der Waals surface area contributed by atoms with E-state index in [9.17, 15) is 17.6 Å². The molecule has 0 bridgehead atoms. The number of halogens is 1. The van der Waals surface area contributed by atoms with Gasteiger partial charge in [-0.3, -0.25) is 9.69 Å². The van der Waals surface area contributed by atoms with Gasteiger partial charge >= 0.3 is 0 Å². The Bertz CT molecular complexity index is 1030. The normalized spacial score (nSPS) is 19.2. The number of hydrogen-bond acceptors (Lipinski definition) is 5. The van der Waals surface area contributed by atoms with Gasteiger partial charge in [0.15, 0.2) is 0 Å². The van der Waals surface area contributed by atoms with E-state index >= 15 is 0 Å². The Morgan fingerprint density at radius 3 is 2.21 bits per heavy atom. The summed E-state index contributed by atoms with van der Waals surface area (Å²) in [7, 11) is -3.53. The number of carbonyl (C=O) groups excluding carboxylic acids is 1. The fraction of sp³-hybridized carbons (Fsp3) is 0.458. The molecular weight excluding hydrogens is 445 g/mol. The number of ether oxygens (including phenoxy) is 1. The zero-order valence-electron chi connectivity index (χ0n) is 18.6. The molecule has 4 rings (SSSR count). The molecule has 1 atom stereocenters. The largest absolute Gasteiger partial charge is 0.379 e. The highest BCUT2D eigenvalue weighted by Gasteiger charge is 2.26. The number of piperidine rings is 1. The number of amides is 1. The smallest absolute Gasteiger partial charge is 0.251 e. The first-order valence-corrected chi connectivity index (χ1v) is 12.8. The second-order valence-electron chi connectivity index (χ2n) is 8.41. The number of benzene rings is 2. The summed E-state index contributed by atoms with van der Waals surface area (Å²) in [4.78, 5) is 15.2. The third-order valence-corrected chi connectivity index (χ3v) is 8.18. The van der Waals surface area contributed by atoms with Crippen molar-refractivity contribution >= 4 is 15.9 Å². The molecule has 0 radical (unpaired) electrons. The van der Waals surface area contributed by atoms with Crippen LogP contribution in [-0.4, -0.2) is 69.5 Å². The number of sulfonamides is 1. The molecule has 2 fully saturated rings. The lowest BCUT2D eigenvalue weighted by molar-refractivity contribution is 0.0162. The van der Waals surface area contributed by atoms with E-state index in [1.165, 1.54) is 28.6 Å². The SMILES string of the molecule is O=C(NC[C@H](c1ccc(F)cc1)N1CCOCC1)c1ccc(S(=O)(=O)N2CCCCC2)cc1. The van der Waals surface area contributed by atoms with Crippen LogP contribution in [0.1, 0.15) is 41.2 Å². The molecule has 1 N–H and O–H groups in total. The van der Waals surface area contributed by atoms with E-state index in [4.69, 9.17) is 4.74 Å². The molecule has 2 aliphatic rings. The van der Waals surface area contributed by atoms with Crippen LogP contribution in [0.5, 0.6) is 0 Å². The minimum atomic E-state index is -3.53. The van der Waals surface area contributed by atoms with Gasteiger partial charge in [-0.15, -0.1) is 0 Å². The summed E-state index contributed by atoms with van der Waals surface area (Å²) >= 11 is 0. The van der Waals surface area contributed by atoms with E-state index in [0.29, 0.717) is 38.4 Å². The summed E-state index contributed by atoms with van der Waals surface area (Å²) in [5.41, 5.74) is 1.31. The van der Waals surface area contributed by atoms with Crippen molar-refractivity contribution in [3.05, 3.63) is 65.5 Å². The van der Waals surface area contributed by atoms with Crippen LogP contribution in [0.3, 0.4) is 0 Å². The highest BCUT2D eigenvalue weighted by molar-refractivity contribution is 7.89. The first-order chi connectivity index (χ1) is 15.9. The highest BCUT2D eigenvalue weighted by atomic mass is 32.2. The molecule has 2 aromatic rings. The maximum absolute atomic E-state index is 13.4. The van der Waals surface area contributed by atoms with E-state index in [-0.39, 0.29) is 22.7 Å². The molecule has 178 valence electrons. The summed E-state index contributed by atoms with van der Waals surface area (Å²) < 4.78 is 46.0. The van der Waals surface area contributed by atoms with Crippen molar-refractivity contribution in [2.45, 2.75) is 30.2 Å². The molecule has 2 aromatic carbocycles. The Hall–Kier alpha value is -2.33. The zero-order chi connectivity index (χ0) is 23.3. The number of nitrogens with one attached hydrogen (secondary N) is 1. The minimum absolute atomic E-state index is 0.114. The maximum Gasteiger partial charge on any atom is 0.251 e. The monoisotopic (exact) mass is 475 g/mol. The summed E-state index contributed by atoms with van der Waals surface area (Å²) in [6.07, 6.45) is 2.80. The van der Waals surface area contributed by atoms with E-state index in [1.807, 2.05) is 0 Å². The second kappa shape index (κ2) is 10.7. The molecule has 0 spiro atoms. The van der Waals surface area contributed by atoms with E-state index in [0.717, 1.165) is 37.9 Å². The van der Waals surface area contributed by atoms with Crippen LogP contribution in [0.2, 0.25) is 0 Å². The maximum atomic E-state index is 13.4. The lowest BCUT2D eigenvalue weighted by Crippen LogP contribution is -2.43. The summed E-state index contributed by atoms with van der Waals surface area (Å²) in [6.45, 7) is 4.09. The molecular formula is C24H30FN3O4S. The molecule has 9 heteroatoms. The van der Waals surface area contributed by atoms with Crippen LogP contribution >= 0.6 is 0 Å². The van der Waals surface area contributed by atoms with Crippen molar-refractivity contribution < 1.29 is 22.3 Å². The number of carbonyl (C=O) groups is 1. The molecule has 0 saturated carbocycles. The predicted molar refractivity (Wildman–Crippen MR) is 123 cm³/mol. The van der Waals surface area contributed by atoms with Crippen molar-refractivity contribution in [2.24, 2.45) is 0 Å². The van der Waals surface area contributed by atoms with Crippen molar-refractivity contribution in [1.29, 1.82) is 0 Å². The fourth-order valence-corrected chi connectivity index (χ4v) is 5.87. The number of hydrogen-bond donors (Lipinski definition) is 1. The third kappa shape index (κ3) is 5.78. The molecule has 7 nitrogen and oxygen atoms in total. The van der Waals surface area contributed by atoms with Gasteiger partial charge in [-0.05, 0) is 54.8 Å². The predicted octanol–water partition coefficient (Wildman–Crippen LogP) is 2.80. The van der Waals surface area contributed by atoms with Gasteiger partial charge < -0.3 is 10.1 Å². The highest BCUT2D eigenvalue weighted by Crippen LogP contribution is 2.23. The van der Waals surface area contributed by atoms with Gasteiger partial charge in [0.05, 0.1) is 24.2 Å². The van der Waals surface area contributed by atoms with Crippen molar-refractivity contribution in [2.75, 3.05) is 45.9 Å². The Labute approximate surface area is 194 Å². The number of morpholine rings is 1. The quantitative estimate of drug-likeness (QED) is 0.666. The Kier molecular flexibility index (Phi) is 7.75. The molecule has 0 aromatic heterocycles. The summed E-state index contributed by atoms with van der Waals surface area (Å²) in [5.74, 6) is -0.583. The molecule has 2 aliphatic heterocycles. The van der Waals surface area contributed by atoms with E-state index in [2.05, 4.69) is 10.2 Å². The Balaban J connectivity index is 1.43. The Morgan fingerprint density at radius 1 is 0.939 bits per heavy atom. The molecule has 0 unspecified atom stereocenters. The van der Waals surface area contributed by atoms with Gasteiger partial charge in [0.1, 0.15) is 5.82 Å². The second-order valence-corrected chi connectivity index (χ2v) is 10.4. The van der Waals surface area contributed by atoms with Crippen molar-refractivity contribution in [1.82, 2.24) is 14.5 Å². The van der Waals surface area contributed by atoms with E-state index in [1.54, 1.807) is 24.3 Å². The lowest BCUT2D eigenvalue weighted by Gasteiger charge is -2.35. The van der Waals surface area contributed by atoms with Gasteiger partial charge in [-0.2, -0.15) is 4.31 Å². The molecule has 2 heterocycles. The van der Waals surface area contributed by atoms with Crippen LogP contribution in [0, 0.1) is 5.82 Å². The summed E-state index contributed by atoms with van der Waals surface area (Å²) in [5, 5.41) is 2.96. The van der Waals surface area contributed by atoms with Gasteiger partial charge in [0.25, 0.3) is 5.91 Å². The number of rotatable bonds is 7. The lowest BCUT2D eigenvalue weighted by atomic mass is 10.0.